The van der Waals surface area contributed by atoms with Crippen molar-refractivity contribution in [1.29, 1.82) is 0 Å². The summed E-state index contributed by atoms with van der Waals surface area (Å²) in [6.45, 7) is 5.37. The summed E-state index contributed by atoms with van der Waals surface area (Å²) in [5.74, 6) is 1.10. The number of hydrogen-bond acceptors (Lipinski definition) is 9. The maximum absolute atomic E-state index is 14.1. The molecule has 0 unspecified atom stereocenters. The summed E-state index contributed by atoms with van der Waals surface area (Å²) in [4.78, 5) is 8.87. The van der Waals surface area contributed by atoms with Crippen LogP contribution in [-0.2, 0) is 20.3 Å². The van der Waals surface area contributed by atoms with Gasteiger partial charge in [-0.15, -0.1) is 10.2 Å². The number of hydrogen-bond donors (Lipinski definition) is 0. The van der Waals surface area contributed by atoms with Crippen LogP contribution in [0.5, 0.6) is 11.5 Å². The van der Waals surface area contributed by atoms with Crippen molar-refractivity contribution >= 4 is 15.5 Å². The Morgan fingerprint density at radius 1 is 0.927 bits per heavy atom. The van der Waals surface area contributed by atoms with Crippen molar-refractivity contribution in [1.82, 2.24) is 29.1 Å². The van der Waals surface area contributed by atoms with Gasteiger partial charge in [0.1, 0.15) is 34.7 Å². The molecule has 4 heterocycles. The standard InChI is InChI=1S/C29H32N6O5S/c1-19(2)40-28(22-17-34-15-7-6-13-25(34)31-22)20(3)41(36,37)18-26-32-33-29(21-10-9-14-30-16-21)35(26)27-23(38-4)11-8-12-24(27)39-5/h6-17,19-20,28H,18H2,1-5H3/t20-,28+/m1/s1. The van der Waals surface area contributed by atoms with Crippen LogP contribution in [0.25, 0.3) is 22.7 Å². The van der Waals surface area contributed by atoms with Gasteiger partial charge in [0.05, 0.1) is 31.3 Å². The minimum absolute atomic E-state index is 0.191. The Balaban J connectivity index is 1.60. The fraction of sp³-hybridized carbons (Fsp3) is 0.310. The number of imidazole rings is 1. The molecule has 5 aromatic rings. The number of benzene rings is 1. The van der Waals surface area contributed by atoms with E-state index in [0.717, 1.165) is 0 Å². The van der Waals surface area contributed by atoms with E-state index in [2.05, 4.69) is 20.2 Å². The van der Waals surface area contributed by atoms with Crippen molar-refractivity contribution in [3.05, 3.63) is 84.8 Å². The Kier molecular flexibility index (Phi) is 8.04. The first kappa shape index (κ1) is 28.2. The molecule has 11 nitrogen and oxygen atoms in total. The van der Waals surface area contributed by atoms with E-state index in [4.69, 9.17) is 14.2 Å². The second kappa shape index (κ2) is 11.7. The molecule has 12 heteroatoms. The van der Waals surface area contributed by atoms with Crippen molar-refractivity contribution < 1.29 is 22.6 Å². The largest absolute Gasteiger partial charge is 0.494 e. The monoisotopic (exact) mass is 576 g/mol. The van der Waals surface area contributed by atoms with Gasteiger partial charge in [0, 0.05) is 30.4 Å². The molecule has 0 aliphatic rings. The Morgan fingerprint density at radius 2 is 1.68 bits per heavy atom. The first-order valence-electron chi connectivity index (χ1n) is 13.1. The van der Waals surface area contributed by atoms with Crippen LogP contribution >= 0.6 is 0 Å². The number of fused-ring (bicyclic) bond motifs is 1. The third-order valence-corrected chi connectivity index (χ3v) is 8.73. The Labute approximate surface area is 238 Å². The highest BCUT2D eigenvalue weighted by atomic mass is 32.2. The number of para-hydroxylation sites is 1. The molecule has 0 aliphatic heterocycles. The molecule has 0 aliphatic carbocycles. The summed E-state index contributed by atoms with van der Waals surface area (Å²) in [5, 5.41) is 7.78. The van der Waals surface area contributed by atoms with Gasteiger partial charge in [-0.25, -0.2) is 13.4 Å². The molecule has 4 aromatic heterocycles. The average molecular weight is 577 g/mol. The number of methoxy groups -OCH3 is 2. The fourth-order valence-electron chi connectivity index (χ4n) is 4.68. The molecule has 5 rings (SSSR count). The topological polar surface area (TPSA) is 123 Å². The summed E-state index contributed by atoms with van der Waals surface area (Å²) >= 11 is 0. The average Bonchev–Trinajstić information content (AvgIpc) is 3.59. The first-order valence-corrected chi connectivity index (χ1v) is 14.8. The molecule has 0 amide bonds. The molecule has 1 aromatic carbocycles. The minimum Gasteiger partial charge on any atom is -0.494 e. The highest BCUT2D eigenvalue weighted by molar-refractivity contribution is 7.91. The Hall–Kier alpha value is -4.29. The van der Waals surface area contributed by atoms with E-state index in [-0.39, 0.29) is 11.9 Å². The second-order valence-electron chi connectivity index (χ2n) is 9.78. The lowest BCUT2D eigenvalue weighted by molar-refractivity contribution is 0.00432. The molecular weight excluding hydrogens is 544 g/mol. The molecule has 0 N–H and O–H groups in total. The van der Waals surface area contributed by atoms with Crippen molar-refractivity contribution in [2.45, 2.75) is 44.0 Å². The molecule has 0 saturated heterocycles. The molecule has 214 valence electrons. The van der Waals surface area contributed by atoms with Crippen molar-refractivity contribution in [2.75, 3.05) is 14.2 Å². The lowest BCUT2D eigenvalue weighted by Gasteiger charge is -2.25. The number of rotatable bonds is 11. The van der Waals surface area contributed by atoms with Crippen molar-refractivity contribution in [3.63, 3.8) is 0 Å². The van der Waals surface area contributed by atoms with Gasteiger partial charge in [-0.1, -0.05) is 12.1 Å². The first-order chi connectivity index (χ1) is 19.7. The molecular formula is C29H32N6O5S. The van der Waals surface area contributed by atoms with Crippen LogP contribution in [0.3, 0.4) is 0 Å². The number of ether oxygens (including phenoxy) is 3. The van der Waals surface area contributed by atoms with E-state index in [1.807, 2.05) is 48.7 Å². The predicted molar refractivity (Wildman–Crippen MR) is 154 cm³/mol. The maximum atomic E-state index is 14.1. The molecule has 41 heavy (non-hydrogen) atoms. The number of nitrogens with zero attached hydrogens (tertiary/aromatic N) is 6. The van der Waals surface area contributed by atoms with Crippen LogP contribution in [0.4, 0.5) is 0 Å². The van der Waals surface area contributed by atoms with Crippen LogP contribution in [0, 0.1) is 0 Å². The van der Waals surface area contributed by atoms with Gasteiger partial charge in [0.15, 0.2) is 21.5 Å². The minimum atomic E-state index is -3.88. The third kappa shape index (κ3) is 5.66. The number of sulfone groups is 1. The van der Waals surface area contributed by atoms with Crippen LogP contribution in [-0.4, -0.2) is 63.1 Å². The molecule has 2 atom stereocenters. The van der Waals surface area contributed by atoms with E-state index in [1.165, 1.54) is 14.2 Å². The summed E-state index contributed by atoms with van der Waals surface area (Å²) in [6, 6.07) is 14.5. The summed E-state index contributed by atoms with van der Waals surface area (Å²) < 4.78 is 49.1. The normalized spacial score (nSPS) is 13.4. The zero-order valence-electron chi connectivity index (χ0n) is 23.5. The van der Waals surface area contributed by atoms with Gasteiger partial charge in [0.2, 0.25) is 0 Å². The van der Waals surface area contributed by atoms with Gasteiger partial charge in [-0.05, 0) is 57.2 Å². The Morgan fingerprint density at radius 3 is 2.32 bits per heavy atom. The summed E-state index contributed by atoms with van der Waals surface area (Å²) in [5.41, 5.74) is 2.36. The Bertz CT molecular complexity index is 1690. The maximum Gasteiger partial charge on any atom is 0.170 e. The highest BCUT2D eigenvalue weighted by Crippen LogP contribution is 2.37. The lowest BCUT2D eigenvalue weighted by atomic mass is 10.2. The van der Waals surface area contributed by atoms with Crippen molar-refractivity contribution in [3.8, 4) is 28.6 Å². The van der Waals surface area contributed by atoms with Gasteiger partial charge >= 0.3 is 0 Å². The SMILES string of the molecule is COc1cccc(OC)c1-n1c(CS(=O)(=O)[C@H](C)[C@H](OC(C)C)c2cn3ccccc3n2)nnc1-c1cccnc1. The van der Waals surface area contributed by atoms with Crippen LogP contribution in [0.2, 0.25) is 0 Å². The van der Waals surface area contributed by atoms with Gasteiger partial charge in [0.25, 0.3) is 0 Å². The zero-order chi connectivity index (χ0) is 29.1. The zero-order valence-corrected chi connectivity index (χ0v) is 24.3. The van der Waals surface area contributed by atoms with Crippen LogP contribution in [0.15, 0.2) is 73.3 Å². The smallest absolute Gasteiger partial charge is 0.170 e. The highest BCUT2D eigenvalue weighted by Gasteiger charge is 2.36. The van der Waals surface area contributed by atoms with Crippen LogP contribution in [0.1, 0.15) is 38.4 Å². The van der Waals surface area contributed by atoms with Gasteiger partial charge < -0.3 is 18.6 Å². The van der Waals surface area contributed by atoms with Gasteiger partial charge in [-0.3, -0.25) is 9.55 Å². The molecule has 0 bridgehead atoms. The molecule has 0 fully saturated rings. The molecule has 0 saturated carbocycles. The van der Waals surface area contributed by atoms with E-state index >= 15 is 0 Å². The quantitative estimate of drug-likeness (QED) is 0.224. The van der Waals surface area contributed by atoms with E-state index in [9.17, 15) is 8.42 Å². The molecule has 0 spiro atoms. The number of aromatic nitrogens is 6. The van der Waals surface area contributed by atoms with Gasteiger partial charge in [-0.2, -0.15) is 0 Å². The fourth-order valence-corrected chi connectivity index (χ4v) is 6.07. The summed E-state index contributed by atoms with van der Waals surface area (Å²) in [7, 11) is -0.807. The molecule has 0 radical (unpaired) electrons. The van der Waals surface area contributed by atoms with Crippen molar-refractivity contribution in [2.24, 2.45) is 0 Å². The third-order valence-electron chi connectivity index (χ3n) is 6.69. The van der Waals surface area contributed by atoms with E-state index in [1.54, 1.807) is 54.3 Å². The second-order valence-corrected chi connectivity index (χ2v) is 12.1. The van der Waals surface area contributed by atoms with E-state index < -0.39 is 26.9 Å². The number of pyridine rings is 2. The van der Waals surface area contributed by atoms with E-state index in [0.29, 0.717) is 39.9 Å². The lowest BCUT2D eigenvalue weighted by Crippen LogP contribution is -2.31. The summed E-state index contributed by atoms with van der Waals surface area (Å²) in [6.07, 6.45) is 5.91. The van der Waals surface area contributed by atoms with Crippen LogP contribution < -0.4 is 9.47 Å². The predicted octanol–water partition coefficient (Wildman–Crippen LogP) is 4.46.